The van der Waals surface area contributed by atoms with E-state index in [9.17, 15) is 0 Å². The third-order valence-corrected chi connectivity index (χ3v) is 3.59. The standard InChI is InChI=1S/C15H19N3O/c16-13-10-17-14-7-2-1-6-12(14)15(13)18-9-11-5-3-4-8-19-11/h1-2,6-7,10-11H,3-5,8-9,16H2,(H,17,18). The largest absolute Gasteiger partial charge is 0.396 e. The average Bonchev–Trinajstić information content (AvgIpc) is 2.47. The molecule has 1 aliphatic heterocycles. The summed E-state index contributed by atoms with van der Waals surface area (Å²) in [7, 11) is 0. The number of para-hydroxylation sites is 1. The highest BCUT2D eigenvalue weighted by atomic mass is 16.5. The number of rotatable bonds is 3. The minimum absolute atomic E-state index is 0.292. The molecule has 1 atom stereocenters. The Morgan fingerprint density at radius 2 is 2.21 bits per heavy atom. The molecular formula is C15H19N3O. The van der Waals surface area contributed by atoms with Gasteiger partial charge in [0, 0.05) is 18.5 Å². The summed E-state index contributed by atoms with van der Waals surface area (Å²) in [5, 5.41) is 4.50. The summed E-state index contributed by atoms with van der Waals surface area (Å²) in [5.74, 6) is 0. The lowest BCUT2D eigenvalue weighted by Gasteiger charge is -2.24. The number of nitrogens with two attached hydrogens (primary N) is 1. The van der Waals surface area contributed by atoms with E-state index < -0.39 is 0 Å². The number of ether oxygens (including phenoxy) is 1. The third-order valence-electron chi connectivity index (χ3n) is 3.59. The zero-order valence-corrected chi connectivity index (χ0v) is 10.9. The molecule has 0 bridgehead atoms. The zero-order chi connectivity index (χ0) is 13.1. The van der Waals surface area contributed by atoms with Crippen LogP contribution >= 0.6 is 0 Å². The van der Waals surface area contributed by atoms with E-state index in [0.29, 0.717) is 11.8 Å². The van der Waals surface area contributed by atoms with E-state index >= 15 is 0 Å². The van der Waals surface area contributed by atoms with Gasteiger partial charge in [-0.1, -0.05) is 18.2 Å². The Hall–Kier alpha value is -1.81. The first-order chi connectivity index (χ1) is 9.34. The van der Waals surface area contributed by atoms with Gasteiger partial charge in [-0.3, -0.25) is 4.98 Å². The second kappa shape index (κ2) is 5.45. The van der Waals surface area contributed by atoms with Gasteiger partial charge in [-0.15, -0.1) is 0 Å². The summed E-state index contributed by atoms with van der Waals surface area (Å²) in [5.41, 5.74) is 8.66. The lowest BCUT2D eigenvalue weighted by atomic mass is 10.1. The Morgan fingerprint density at radius 3 is 3.05 bits per heavy atom. The number of nitrogen functional groups attached to an aromatic ring is 1. The minimum atomic E-state index is 0.292. The molecule has 0 radical (unpaired) electrons. The van der Waals surface area contributed by atoms with Crippen molar-refractivity contribution in [3.8, 4) is 0 Å². The number of pyridine rings is 1. The van der Waals surface area contributed by atoms with Crippen molar-refractivity contribution >= 4 is 22.3 Å². The van der Waals surface area contributed by atoms with Crippen LogP contribution < -0.4 is 11.1 Å². The Labute approximate surface area is 113 Å². The van der Waals surface area contributed by atoms with Crippen molar-refractivity contribution in [2.24, 2.45) is 0 Å². The summed E-state index contributed by atoms with van der Waals surface area (Å²) in [6.07, 6.45) is 5.55. The molecule has 1 fully saturated rings. The summed E-state index contributed by atoms with van der Waals surface area (Å²) >= 11 is 0. The van der Waals surface area contributed by atoms with Gasteiger partial charge in [-0.2, -0.15) is 0 Å². The monoisotopic (exact) mass is 257 g/mol. The normalized spacial score (nSPS) is 19.5. The van der Waals surface area contributed by atoms with Gasteiger partial charge >= 0.3 is 0 Å². The number of anilines is 2. The number of aromatic nitrogens is 1. The fourth-order valence-corrected chi connectivity index (χ4v) is 2.54. The van der Waals surface area contributed by atoms with Crippen molar-refractivity contribution in [2.45, 2.75) is 25.4 Å². The van der Waals surface area contributed by atoms with Crippen LogP contribution in [-0.4, -0.2) is 24.2 Å². The first kappa shape index (κ1) is 12.2. The lowest BCUT2D eigenvalue weighted by Crippen LogP contribution is -2.27. The molecule has 2 aromatic rings. The van der Waals surface area contributed by atoms with Crippen LogP contribution in [0.3, 0.4) is 0 Å². The molecule has 0 saturated carbocycles. The Morgan fingerprint density at radius 1 is 1.32 bits per heavy atom. The maximum absolute atomic E-state index is 6.04. The predicted molar refractivity (Wildman–Crippen MR) is 78.2 cm³/mol. The Bertz CT molecular complexity index is 564. The van der Waals surface area contributed by atoms with Crippen LogP contribution in [0.25, 0.3) is 10.9 Å². The summed E-state index contributed by atoms with van der Waals surface area (Å²) < 4.78 is 5.73. The molecule has 19 heavy (non-hydrogen) atoms. The van der Waals surface area contributed by atoms with Gasteiger partial charge in [-0.05, 0) is 25.3 Å². The number of fused-ring (bicyclic) bond motifs is 1. The van der Waals surface area contributed by atoms with Crippen molar-refractivity contribution in [3.05, 3.63) is 30.5 Å². The summed E-state index contributed by atoms with van der Waals surface area (Å²) in [6.45, 7) is 1.68. The predicted octanol–water partition coefficient (Wildman–Crippen LogP) is 2.80. The van der Waals surface area contributed by atoms with Gasteiger partial charge in [0.2, 0.25) is 0 Å². The van der Waals surface area contributed by atoms with Crippen LogP contribution in [0.4, 0.5) is 11.4 Å². The number of nitrogens with one attached hydrogen (secondary N) is 1. The van der Waals surface area contributed by atoms with Gasteiger partial charge in [0.05, 0.1) is 29.2 Å². The summed E-state index contributed by atoms with van der Waals surface area (Å²) in [4.78, 5) is 4.34. The van der Waals surface area contributed by atoms with Crippen LogP contribution in [0, 0.1) is 0 Å². The van der Waals surface area contributed by atoms with Gasteiger partial charge in [-0.25, -0.2) is 0 Å². The number of hydrogen-bond acceptors (Lipinski definition) is 4. The van der Waals surface area contributed by atoms with E-state index in [0.717, 1.165) is 36.2 Å². The van der Waals surface area contributed by atoms with E-state index in [1.54, 1.807) is 6.20 Å². The second-order valence-electron chi connectivity index (χ2n) is 4.98. The van der Waals surface area contributed by atoms with Crippen LogP contribution in [0.1, 0.15) is 19.3 Å². The maximum Gasteiger partial charge on any atom is 0.0747 e. The molecular weight excluding hydrogens is 238 g/mol. The molecule has 0 amide bonds. The molecule has 0 aliphatic carbocycles. The molecule has 1 unspecified atom stereocenters. The first-order valence-electron chi connectivity index (χ1n) is 6.83. The second-order valence-corrected chi connectivity index (χ2v) is 4.98. The van der Waals surface area contributed by atoms with Crippen molar-refractivity contribution in [3.63, 3.8) is 0 Å². The molecule has 1 aromatic heterocycles. The van der Waals surface area contributed by atoms with E-state index in [2.05, 4.69) is 10.3 Å². The molecule has 4 nitrogen and oxygen atoms in total. The third kappa shape index (κ3) is 2.63. The lowest BCUT2D eigenvalue weighted by molar-refractivity contribution is 0.0248. The molecule has 3 rings (SSSR count). The first-order valence-corrected chi connectivity index (χ1v) is 6.83. The highest BCUT2D eigenvalue weighted by Gasteiger charge is 2.14. The zero-order valence-electron chi connectivity index (χ0n) is 10.9. The maximum atomic E-state index is 6.04. The number of nitrogens with zero attached hydrogens (tertiary/aromatic N) is 1. The quantitative estimate of drug-likeness (QED) is 0.887. The fourth-order valence-electron chi connectivity index (χ4n) is 2.54. The summed E-state index contributed by atoms with van der Waals surface area (Å²) in [6, 6.07) is 8.03. The molecule has 100 valence electrons. The highest BCUT2D eigenvalue weighted by Crippen LogP contribution is 2.27. The average molecular weight is 257 g/mol. The van der Waals surface area contributed by atoms with E-state index in [1.807, 2.05) is 24.3 Å². The van der Waals surface area contributed by atoms with Crippen molar-refractivity contribution in [2.75, 3.05) is 24.2 Å². The number of hydrogen-bond donors (Lipinski definition) is 2. The van der Waals surface area contributed by atoms with Crippen LogP contribution in [0.2, 0.25) is 0 Å². The fraction of sp³-hybridized carbons (Fsp3) is 0.400. The molecule has 1 aliphatic rings. The molecule has 0 spiro atoms. The van der Waals surface area contributed by atoms with Crippen molar-refractivity contribution < 1.29 is 4.74 Å². The van der Waals surface area contributed by atoms with E-state index in [1.165, 1.54) is 12.8 Å². The van der Waals surface area contributed by atoms with Gasteiger partial charge in [0.15, 0.2) is 0 Å². The van der Waals surface area contributed by atoms with Crippen LogP contribution in [-0.2, 0) is 4.74 Å². The Kier molecular flexibility index (Phi) is 3.51. The molecule has 1 aromatic carbocycles. The van der Waals surface area contributed by atoms with E-state index in [4.69, 9.17) is 10.5 Å². The number of benzene rings is 1. The van der Waals surface area contributed by atoms with Gasteiger partial charge in [0.1, 0.15) is 0 Å². The minimum Gasteiger partial charge on any atom is -0.396 e. The van der Waals surface area contributed by atoms with Crippen molar-refractivity contribution in [1.82, 2.24) is 4.98 Å². The van der Waals surface area contributed by atoms with Gasteiger partial charge < -0.3 is 15.8 Å². The molecule has 4 heteroatoms. The Balaban J connectivity index is 1.81. The molecule has 1 saturated heterocycles. The molecule has 2 heterocycles. The topological polar surface area (TPSA) is 60.2 Å². The van der Waals surface area contributed by atoms with E-state index in [-0.39, 0.29) is 0 Å². The highest BCUT2D eigenvalue weighted by molar-refractivity contribution is 5.96. The van der Waals surface area contributed by atoms with Crippen molar-refractivity contribution in [1.29, 1.82) is 0 Å². The van der Waals surface area contributed by atoms with Crippen LogP contribution in [0.5, 0.6) is 0 Å². The SMILES string of the molecule is Nc1cnc2ccccc2c1NCC1CCCCO1. The van der Waals surface area contributed by atoms with Crippen LogP contribution in [0.15, 0.2) is 30.5 Å². The smallest absolute Gasteiger partial charge is 0.0747 e. The van der Waals surface area contributed by atoms with Gasteiger partial charge in [0.25, 0.3) is 0 Å². The molecule has 3 N–H and O–H groups in total.